The predicted octanol–water partition coefficient (Wildman–Crippen LogP) is 2.91. The number of benzene rings is 1. The summed E-state index contributed by atoms with van der Waals surface area (Å²) in [6.07, 6.45) is 5.60. The van der Waals surface area contributed by atoms with Crippen LogP contribution in [-0.4, -0.2) is 65.2 Å². The van der Waals surface area contributed by atoms with Crippen molar-refractivity contribution in [3.05, 3.63) is 23.3 Å². The van der Waals surface area contributed by atoms with E-state index in [2.05, 4.69) is 19.7 Å². The molecule has 0 bridgehead atoms. The number of carbonyl (C=O) groups excluding carboxylic acids is 1. The van der Waals surface area contributed by atoms with E-state index in [0.29, 0.717) is 24.1 Å². The number of amides is 1. The van der Waals surface area contributed by atoms with Crippen molar-refractivity contribution in [2.24, 2.45) is 0 Å². The maximum Gasteiger partial charge on any atom is 0.233 e. The first-order valence-corrected chi connectivity index (χ1v) is 12.0. The molecule has 1 aliphatic carbocycles. The number of nitrogens with zero attached hydrogens (tertiary/aromatic N) is 5. The largest absolute Gasteiger partial charge is 0.493 e. The van der Waals surface area contributed by atoms with Gasteiger partial charge in [0.2, 0.25) is 11.9 Å². The Morgan fingerprint density at radius 3 is 2.45 bits per heavy atom. The van der Waals surface area contributed by atoms with Gasteiger partial charge in [0.1, 0.15) is 0 Å². The molecule has 0 N–H and O–H groups in total. The van der Waals surface area contributed by atoms with E-state index in [4.69, 9.17) is 9.47 Å². The quantitative estimate of drug-likeness (QED) is 0.609. The molecule has 2 aromatic rings. The number of hydrogen-bond donors (Lipinski definition) is 0. The van der Waals surface area contributed by atoms with Crippen molar-refractivity contribution in [2.45, 2.75) is 49.8 Å². The predicted molar refractivity (Wildman–Crippen MR) is 119 cm³/mol. The van der Waals surface area contributed by atoms with Gasteiger partial charge in [-0.3, -0.25) is 9.36 Å². The highest BCUT2D eigenvalue weighted by molar-refractivity contribution is 7.99. The van der Waals surface area contributed by atoms with Crippen molar-refractivity contribution in [3.63, 3.8) is 0 Å². The molecule has 3 heterocycles. The third-order valence-corrected chi connectivity index (χ3v) is 7.27. The van der Waals surface area contributed by atoms with E-state index in [1.807, 2.05) is 17.0 Å². The summed E-state index contributed by atoms with van der Waals surface area (Å²) in [5.41, 5.74) is 2.35. The minimum absolute atomic E-state index is 0.138. The first kappa shape index (κ1) is 20.5. The van der Waals surface area contributed by atoms with Gasteiger partial charge in [-0.05, 0) is 55.4 Å². The van der Waals surface area contributed by atoms with Gasteiger partial charge >= 0.3 is 0 Å². The second kappa shape index (κ2) is 8.61. The van der Waals surface area contributed by atoms with Crippen LogP contribution in [0.2, 0.25) is 0 Å². The number of hydrogen-bond acceptors (Lipinski definition) is 7. The summed E-state index contributed by atoms with van der Waals surface area (Å²) in [6, 6.07) is 4.52. The Kier molecular flexibility index (Phi) is 5.69. The topological polar surface area (TPSA) is 72.7 Å². The van der Waals surface area contributed by atoms with Crippen LogP contribution in [0.25, 0.3) is 0 Å². The number of rotatable bonds is 7. The summed E-state index contributed by atoms with van der Waals surface area (Å²) in [6.45, 7) is 3.42. The van der Waals surface area contributed by atoms with Gasteiger partial charge in [0.05, 0.1) is 20.0 Å². The standard InChI is InChI=1S/C22H29N5O3S/c1-29-18-11-15-7-10-26(13-16(15)12-19(18)30-2)20(28)14-31-22-24-23-21(25-8-3-4-9-25)27(22)17-5-6-17/h11-12,17H,3-10,13-14H2,1-2H3. The second-order valence-corrected chi connectivity index (χ2v) is 9.35. The van der Waals surface area contributed by atoms with Crippen LogP contribution < -0.4 is 14.4 Å². The Hall–Kier alpha value is -2.42. The van der Waals surface area contributed by atoms with E-state index < -0.39 is 0 Å². The Bertz CT molecular complexity index is 968. The molecular formula is C22H29N5O3S. The molecule has 1 saturated carbocycles. The van der Waals surface area contributed by atoms with Crippen molar-refractivity contribution < 1.29 is 14.3 Å². The van der Waals surface area contributed by atoms with Crippen LogP contribution in [0.1, 0.15) is 42.9 Å². The highest BCUT2D eigenvalue weighted by Crippen LogP contribution is 2.41. The summed E-state index contributed by atoms with van der Waals surface area (Å²) in [5, 5.41) is 9.81. The monoisotopic (exact) mass is 443 g/mol. The first-order chi connectivity index (χ1) is 15.2. The highest BCUT2D eigenvalue weighted by atomic mass is 32.2. The zero-order valence-corrected chi connectivity index (χ0v) is 19.0. The molecule has 31 heavy (non-hydrogen) atoms. The molecule has 5 rings (SSSR count). The van der Waals surface area contributed by atoms with Gasteiger partial charge in [-0.1, -0.05) is 11.8 Å². The zero-order chi connectivity index (χ0) is 21.4. The molecule has 0 radical (unpaired) electrons. The summed E-state index contributed by atoms with van der Waals surface area (Å²) in [7, 11) is 3.29. The molecular weight excluding hydrogens is 414 g/mol. The lowest BCUT2D eigenvalue weighted by Crippen LogP contribution is -2.37. The molecule has 2 fully saturated rings. The average Bonchev–Trinajstić information content (AvgIpc) is 3.32. The van der Waals surface area contributed by atoms with Crippen LogP contribution in [-0.2, 0) is 17.8 Å². The molecule has 8 nitrogen and oxygen atoms in total. The lowest BCUT2D eigenvalue weighted by Gasteiger charge is -2.29. The maximum absolute atomic E-state index is 13.0. The minimum Gasteiger partial charge on any atom is -0.493 e. The van der Waals surface area contributed by atoms with Crippen molar-refractivity contribution >= 4 is 23.6 Å². The maximum atomic E-state index is 13.0. The van der Waals surface area contributed by atoms with E-state index in [-0.39, 0.29) is 5.91 Å². The Labute approximate surface area is 186 Å². The van der Waals surface area contributed by atoms with Crippen molar-refractivity contribution in [3.8, 4) is 11.5 Å². The van der Waals surface area contributed by atoms with Crippen LogP contribution in [0.3, 0.4) is 0 Å². The summed E-state index contributed by atoms with van der Waals surface area (Å²) >= 11 is 1.52. The fraction of sp³-hybridized carbons (Fsp3) is 0.591. The molecule has 1 aromatic heterocycles. The van der Waals surface area contributed by atoms with Gasteiger partial charge < -0.3 is 19.3 Å². The van der Waals surface area contributed by atoms with Gasteiger partial charge in [0.25, 0.3) is 0 Å². The van der Waals surface area contributed by atoms with Gasteiger partial charge in [-0.25, -0.2) is 0 Å². The van der Waals surface area contributed by atoms with Gasteiger partial charge in [-0.2, -0.15) is 0 Å². The first-order valence-electron chi connectivity index (χ1n) is 11.0. The molecule has 166 valence electrons. The zero-order valence-electron chi connectivity index (χ0n) is 18.2. The van der Waals surface area contributed by atoms with E-state index in [0.717, 1.165) is 48.5 Å². The second-order valence-electron chi connectivity index (χ2n) is 8.41. The van der Waals surface area contributed by atoms with Crippen molar-refractivity contribution in [2.75, 3.05) is 44.5 Å². The van der Waals surface area contributed by atoms with Gasteiger partial charge in [0.15, 0.2) is 16.7 Å². The normalized spacial score (nSPS) is 18.3. The lowest BCUT2D eigenvalue weighted by molar-refractivity contribution is -0.129. The molecule has 1 saturated heterocycles. The Morgan fingerprint density at radius 1 is 1.06 bits per heavy atom. The van der Waals surface area contributed by atoms with E-state index in [9.17, 15) is 4.79 Å². The SMILES string of the molecule is COc1cc2c(cc1OC)CN(C(=O)CSc1nnc(N3CCCC3)n1C1CC1)CC2. The number of thioether (sulfide) groups is 1. The third kappa shape index (κ3) is 4.07. The van der Waals surface area contributed by atoms with Crippen LogP contribution in [0.4, 0.5) is 5.95 Å². The summed E-state index contributed by atoms with van der Waals surface area (Å²) in [4.78, 5) is 17.3. The average molecular weight is 444 g/mol. The van der Waals surface area contributed by atoms with Crippen LogP contribution in [0.5, 0.6) is 11.5 Å². The van der Waals surface area contributed by atoms with E-state index in [1.165, 1.54) is 43.0 Å². The third-order valence-electron chi connectivity index (χ3n) is 6.34. The molecule has 1 aromatic carbocycles. The van der Waals surface area contributed by atoms with Crippen LogP contribution >= 0.6 is 11.8 Å². The molecule has 3 aliphatic rings. The molecule has 0 atom stereocenters. The number of methoxy groups -OCH3 is 2. The van der Waals surface area contributed by atoms with E-state index >= 15 is 0 Å². The Morgan fingerprint density at radius 2 is 1.77 bits per heavy atom. The van der Waals surface area contributed by atoms with Crippen LogP contribution in [0, 0.1) is 0 Å². The van der Waals surface area contributed by atoms with Crippen molar-refractivity contribution in [1.29, 1.82) is 0 Å². The summed E-state index contributed by atoms with van der Waals surface area (Å²) < 4.78 is 13.1. The van der Waals surface area contributed by atoms with Gasteiger partial charge in [0, 0.05) is 32.2 Å². The molecule has 9 heteroatoms. The smallest absolute Gasteiger partial charge is 0.233 e. The fourth-order valence-corrected chi connectivity index (χ4v) is 5.37. The minimum atomic E-state index is 0.138. The number of anilines is 1. The van der Waals surface area contributed by atoms with Crippen molar-refractivity contribution in [1.82, 2.24) is 19.7 Å². The molecule has 2 aliphatic heterocycles. The number of carbonyl (C=O) groups is 1. The number of ether oxygens (including phenoxy) is 2. The van der Waals surface area contributed by atoms with Crippen LogP contribution in [0.15, 0.2) is 17.3 Å². The summed E-state index contributed by atoms with van der Waals surface area (Å²) in [5.74, 6) is 2.95. The molecule has 0 spiro atoms. The highest BCUT2D eigenvalue weighted by Gasteiger charge is 2.33. The number of aromatic nitrogens is 3. The Balaban J connectivity index is 1.26. The molecule has 0 unspecified atom stereocenters. The molecule has 1 amide bonds. The van der Waals surface area contributed by atoms with E-state index in [1.54, 1.807) is 14.2 Å². The lowest BCUT2D eigenvalue weighted by atomic mass is 9.99. The number of fused-ring (bicyclic) bond motifs is 1. The fourth-order valence-electron chi connectivity index (χ4n) is 4.47. The van der Waals surface area contributed by atoms with Gasteiger partial charge in [-0.15, -0.1) is 10.2 Å².